The largest absolute Gasteiger partial charge is 0.349 e. The van der Waals surface area contributed by atoms with Gasteiger partial charge in [-0.1, -0.05) is 46.3 Å². The predicted octanol–water partition coefficient (Wildman–Crippen LogP) is 3.96. The summed E-state index contributed by atoms with van der Waals surface area (Å²) in [7, 11) is 0. The Hall–Kier alpha value is -2.14. The Kier molecular flexibility index (Phi) is 5.93. The molecular formula is C18H19BrN2O2. The molecule has 2 N–H and O–H groups in total. The second-order valence-corrected chi connectivity index (χ2v) is 6.23. The molecule has 2 rings (SSSR count). The molecule has 0 bridgehead atoms. The Morgan fingerprint density at radius 3 is 2.43 bits per heavy atom. The van der Waals surface area contributed by atoms with E-state index in [0.717, 1.165) is 21.3 Å². The van der Waals surface area contributed by atoms with Gasteiger partial charge >= 0.3 is 0 Å². The molecule has 120 valence electrons. The number of halogens is 1. The van der Waals surface area contributed by atoms with E-state index >= 15 is 0 Å². The second-order valence-electron chi connectivity index (χ2n) is 5.38. The quantitative estimate of drug-likeness (QED) is 0.831. The number of rotatable bonds is 5. The topological polar surface area (TPSA) is 58.2 Å². The molecule has 0 aliphatic carbocycles. The van der Waals surface area contributed by atoms with Crippen molar-refractivity contribution in [1.29, 1.82) is 0 Å². The minimum Gasteiger partial charge on any atom is -0.349 e. The third-order valence-corrected chi connectivity index (χ3v) is 4.30. The summed E-state index contributed by atoms with van der Waals surface area (Å²) in [5.74, 6) is -0.305. The molecule has 1 atom stereocenters. The van der Waals surface area contributed by atoms with Gasteiger partial charge < -0.3 is 10.6 Å². The van der Waals surface area contributed by atoms with Gasteiger partial charge in [-0.2, -0.15) is 0 Å². The summed E-state index contributed by atoms with van der Waals surface area (Å²) in [4.78, 5) is 23.7. The van der Waals surface area contributed by atoms with Crippen molar-refractivity contribution in [2.24, 2.45) is 0 Å². The summed E-state index contributed by atoms with van der Waals surface area (Å²) in [5, 5.41) is 5.70. The van der Waals surface area contributed by atoms with Gasteiger partial charge in [-0.3, -0.25) is 9.59 Å². The number of carbonyl (C=O) groups is 2. The van der Waals surface area contributed by atoms with Gasteiger partial charge in [0.15, 0.2) is 0 Å². The molecule has 0 aromatic heterocycles. The number of amides is 2. The van der Waals surface area contributed by atoms with E-state index in [1.54, 1.807) is 0 Å². The maximum absolute atomic E-state index is 12.3. The van der Waals surface area contributed by atoms with Crippen LogP contribution in [0.1, 0.15) is 30.5 Å². The Bertz CT molecular complexity index is 701. The second kappa shape index (κ2) is 7.92. The van der Waals surface area contributed by atoms with Crippen molar-refractivity contribution in [3.05, 3.63) is 64.1 Å². The third kappa shape index (κ3) is 5.21. The SMILES string of the molecule is CC(=O)N[C@H](CC(=O)Nc1ccc(Br)c(C)c1)c1ccccc1. The molecule has 2 aromatic rings. The average Bonchev–Trinajstić information content (AvgIpc) is 2.51. The standard InChI is InChI=1S/C18H19BrN2O2/c1-12-10-15(8-9-16(12)19)21-18(23)11-17(20-13(2)22)14-6-4-3-5-7-14/h3-10,17H,11H2,1-2H3,(H,20,22)(H,21,23)/t17-/m1/s1. The molecule has 0 unspecified atom stereocenters. The predicted molar refractivity (Wildman–Crippen MR) is 95.1 cm³/mol. The fourth-order valence-electron chi connectivity index (χ4n) is 2.30. The van der Waals surface area contributed by atoms with Crippen LogP contribution in [0.2, 0.25) is 0 Å². The van der Waals surface area contributed by atoms with Crippen molar-refractivity contribution in [1.82, 2.24) is 5.32 Å². The first-order valence-corrected chi connectivity index (χ1v) is 8.13. The zero-order valence-corrected chi connectivity index (χ0v) is 14.7. The molecular weight excluding hydrogens is 356 g/mol. The number of anilines is 1. The van der Waals surface area contributed by atoms with Crippen LogP contribution in [0.4, 0.5) is 5.69 Å². The van der Waals surface area contributed by atoms with Crippen LogP contribution in [0, 0.1) is 6.92 Å². The summed E-state index contributed by atoms with van der Waals surface area (Å²) in [6.07, 6.45) is 0.179. The summed E-state index contributed by atoms with van der Waals surface area (Å²) >= 11 is 3.43. The monoisotopic (exact) mass is 374 g/mol. The van der Waals surface area contributed by atoms with Crippen molar-refractivity contribution < 1.29 is 9.59 Å². The minimum absolute atomic E-state index is 0.144. The summed E-state index contributed by atoms with van der Waals surface area (Å²) < 4.78 is 0.996. The van der Waals surface area contributed by atoms with Crippen LogP contribution in [0.25, 0.3) is 0 Å². The number of nitrogens with one attached hydrogen (secondary N) is 2. The highest BCUT2D eigenvalue weighted by Crippen LogP contribution is 2.21. The first-order valence-electron chi connectivity index (χ1n) is 7.34. The lowest BCUT2D eigenvalue weighted by Crippen LogP contribution is -2.29. The zero-order chi connectivity index (χ0) is 16.8. The maximum atomic E-state index is 12.3. The van der Waals surface area contributed by atoms with Gasteiger partial charge in [0.25, 0.3) is 0 Å². The molecule has 2 amide bonds. The number of benzene rings is 2. The smallest absolute Gasteiger partial charge is 0.226 e. The molecule has 23 heavy (non-hydrogen) atoms. The van der Waals surface area contributed by atoms with Crippen molar-refractivity contribution >= 4 is 33.4 Å². The molecule has 0 spiro atoms. The highest BCUT2D eigenvalue weighted by molar-refractivity contribution is 9.10. The van der Waals surface area contributed by atoms with Gasteiger partial charge in [0.2, 0.25) is 11.8 Å². The van der Waals surface area contributed by atoms with Crippen LogP contribution in [0.3, 0.4) is 0 Å². The Morgan fingerprint density at radius 1 is 1.13 bits per heavy atom. The van der Waals surface area contributed by atoms with E-state index < -0.39 is 0 Å². The summed E-state index contributed by atoms with van der Waals surface area (Å²) in [6.45, 7) is 3.41. The maximum Gasteiger partial charge on any atom is 0.226 e. The normalized spacial score (nSPS) is 11.6. The van der Waals surface area contributed by atoms with Crippen LogP contribution < -0.4 is 10.6 Å². The minimum atomic E-state index is -0.342. The number of carbonyl (C=O) groups excluding carboxylic acids is 2. The van der Waals surface area contributed by atoms with Crippen molar-refractivity contribution in [2.75, 3.05) is 5.32 Å². The Balaban J connectivity index is 2.08. The zero-order valence-electron chi connectivity index (χ0n) is 13.1. The van der Waals surface area contributed by atoms with Gasteiger partial charge in [-0.05, 0) is 36.2 Å². The van der Waals surface area contributed by atoms with Crippen LogP contribution >= 0.6 is 15.9 Å². The van der Waals surface area contributed by atoms with Crippen LogP contribution in [-0.2, 0) is 9.59 Å². The average molecular weight is 375 g/mol. The first kappa shape index (κ1) is 17.2. The van der Waals surface area contributed by atoms with E-state index in [1.165, 1.54) is 6.92 Å². The fraction of sp³-hybridized carbons (Fsp3) is 0.222. The lowest BCUT2D eigenvalue weighted by Gasteiger charge is -2.18. The fourth-order valence-corrected chi connectivity index (χ4v) is 2.55. The van der Waals surface area contributed by atoms with Crippen molar-refractivity contribution in [2.45, 2.75) is 26.3 Å². The molecule has 2 aromatic carbocycles. The van der Waals surface area contributed by atoms with E-state index in [4.69, 9.17) is 0 Å². The van der Waals surface area contributed by atoms with E-state index in [2.05, 4.69) is 26.6 Å². The lowest BCUT2D eigenvalue weighted by molar-refractivity contribution is -0.120. The van der Waals surface area contributed by atoms with Crippen LogP contribution in [0.5, 0.6) is 0 Å². The number of aryl methyl sites for hydroxylation is 1. The van der Waals surface area contributed by atoms with Crippen LogP contribution in [0.15, 0.2) is 53.0 Å². The number of hydrogen-bond acceptors (Lipinski definition) is 2. The number of hydrogen-bond donors (Lipinski definition) is 2. The van der Waals surface area contributed by atoms with E-state index in [0.29, 0.717) is 0 Å². The highest BCUT2D eigenvalue weighted by Gasteiger charge is 2.17. The third-order valence-electron chi connectivity index (χ3n) is 3.41. The first-order chi connectivity index (χ1) is 11.0. The van der Waals surface area contributed by atoms with Crippen molar-refractivity contribution in [3.63, 3.8) is 0 Å². The van der Waals surface area contributed by atoms with Gasteiger partial charge in [-0.25, -0.2) is 0 Å². The van der Waals surface area contributed by atoms with E-state index in [-0.39, 0.29) is 24.3 Å². The van der Waals surface area contributed by atoms with Gasteiger partial charge in [0.05, 0.1) is 12.5 Å². The molecule has 0 saturated heterocycles. The summed E-state index contributed by atoms with van der Waals surface area (Å²) in [6, 6.07) is 14.8. The molecule has 0 radical (unpaired) electrons. The molecule has 5 heteroatoms. The van der Waals surface area contributed by atoms with Crippen molar-refractivity contribution in [3.8, 4) is 0 Å². The van der Waals surface area contributed by atoms with E-state index in [1.807, 2.05) is 55.5 Å². The van der Waals surface area contributed by atoms with Gasteiger partial charge in [0, 0.05) is 17.1 Å². The van der Waals surface area contributed by atoms with E-state index in [9.17, 15) is 9.59 Å². The van der Waals surface area contributed by atoms with Gasteiger partial charge in [0.1, 0.15) is 0 Å². The lowest BCUT2D eigenvalue weighted by atomic mass is 10.0. The molecule has 0 aliphatic rings. The highest BCUT2D eigenvalue weighted by atomic mass is 79.9. The Labute approximate surface area is 144 Å². The van der Waals surface area contributed by atoms with Gasteiger partial charge in [-0.15, -0.1) is 0 Å². The van der Waals surface area contributed by atoms with Crippen LogP contribution in [-0.4, -0.2) is 11.8 Å². The summed E-state index contributed by atoms with van der Waals surface area (Å²) in [5.41, 5.74) is 2.69. The Morgan fingerprint density at radius 2 is 1.83 bits per heavy atom. The molecule has 0 heterocycles. The molecule has 4 nitrogen and oxygen atoms in total. The molecule has 0 aliphatic heterocycles. The molecule has 0 saturated carbocycles. The molecule has 0 fully saturated rings.